The zero-order valence-corrected chi connectivity index (χ0v) is 13.5. The molecule has 0 unspecified atom stereocenters. The topological polar surface area (TPSA) is 51.3 Å². The summed E-state index contributed by atoms with van der Waals surface area (Å²) in [7, 11) is 0. The van der Waals surface area contributed by atoms with E-state index in [0.29, 0.717) is 5.76 Å². The lowest BCUT2D eigenvalue weighted by Crippen LogP contribution is -2.38. The third kappa shape index (κ3) is 2.80. The molecule has 0 saturated carbocycles. The maximum atomic E-state index is 12.7. The lowest BCUT2D eigenvalue weighted by atomic mass is 10.2. The molecule has 1 atom stereocenters. The van der Waals surface area contributed by atoms with Gasteiger partial charge in [0.25, 0.3) is 5.91 Å². The van der Waals surface area contributed by atoms with Crippen molar-refractivity contribution in [1.82, 2.24) is 14.7 Å². The van der Waals surface area contributed by atoms with Crippen molar-refractivity contribution < 1.29 is 9.21 Å². The van der Waals surface area contributed by atoms with Gasteiger partial charge in [-0.15, -0.1) is 0 Å². The zero-order valence-electron chi connectivity index (χ0n) is 13.5. The van der Waals surface area contributed by atoms with E-state index in [9.17, 15) is 4.79 Å². The lowest BCUT2D eigenvalue weighted by molar-refractivity contribution is 0.0687. The average Bonchev–Trinajstić information content (AvgIpc) is 3.20. The number of furan rings is 1. The summed E-state index contributed by atoms with van der Waals surface area (Å²) < 4.78 is 7.62. The van der Waals surface area contributed by atoms with Crippen LogP contribution in [0.5, 0.6) is 0 Å². The molecule has 3 rings (SSSR count). The molecule has 0 bridgehead atoms. The number of carbonyl (C=O) groups excluding carboxylic acids is 1. The van der Waals surface area contributed by atoms with Crippen LogP contribution in [0.4, 0.5) is 0 Å². The fourth-order valence-corrected chi connectivity index (χ4v) is 3.18. The average molecular weight is 301 g/mol. The molecule has 1 amide bonds. The Bertz CT molecular complexity index is 671. The maximum Gasteiger partial charge on any atom is 0.289 e. The zero-order chi connectivity index (χ0) is 15.7. The van der Waals surface area contributed by atoms with Crippen molar-refractivity contribution in [3.63, 3.8) is 0 Å². The molecule has 5 heteroatoms. The molecular formula is C17H23N3O2. The fraction of sp³-hybridized carbons (Fsp3) is 0.529. The van der Waals surface area contributed by atoms with Gasteiger partial charge in [-0.2, -0.15) is 5.10 Å². The van der Waals surface area contributed by atoms with E-state index in [0.717, 1.165) is 49.5 Å². The monoisotopic (exact) mass is 301 g/mol. The van der Waals surface area contributed by atoms with Gasteiger partial charge in [-0.1, -0.05) is 6.92 Å². The number of rotatable bonds is 4. The fourth-order valence-electron chi connectivity index (χ4n) is 3.18. The van der Waals surface area contributed by atoms with Gasteiger partial charge in [0.2, 0.25) is 0 Å². The molecule has 2 aromatic heterocycles. The van der Waals surface area contributed by atoms with Crippen LogP contribution in [0.1, 0.15) is 47.5 Å². The molecule has 22 heavy (non-hydrogen) atoms. The highest BCUT2D eigenvalue weighted by Crippen LogP contribution is 2.23. The van der Waals surface area contributed by atoms with Gasteiger partial charge in [0, 0.05) is 18.7 Å². The van der Waals surface area contributed by atoms with Gasteiger partial charge >= 0.3 is 0 Å². The van der Waals surface area contributed by atoms with E-state index >= 15 is 0 Å². The van der Waals surface area contributed by atoms with E-state index in [-0.39, 0.29) is 11.9 Å². The van der Waals surface area contributed by atoms with E-state index in [1.807, 2.05) is 29.5 Å². The molecule has 1 saturated heterocycles. The summed E-state index contributed by atoms with van der Waals surface area (Å²) in [6, 6.07) is 5.95. The molecule has 0 N–H and O–H groups in total. The van der Waals surface area contributed by atoms with Crippen molar-refractivity contribution in [3.05, 3.63) is 41.1 Å². The van der Waals surface area contributed by atoms with E-state index < -0.39 is 0 Å². The summed E-state index contributed by atoms with van der Waals surface area (Å²) >= 11 is 0. The van der Waals surface area contributed by atoms with E-state index in [4.69, 9.17) is 4.42 Å². The van der Waals surface area contributed by atoms with Crippen LogP contribution in [0.25, 0.3) is 0 Å². The van der Waals surface area contributed by atoms with Crippen LogP contribution in [0.3, 0.4) is 0 Å². The highest BCUT2D eigenvalue weighted by molar-refractivity contribution is 5.92. The maximum absolute atomic E-state index is 12.7. The van der Waals surface area contributed by atoms with Crippen LogP contribution in [0.2, 0.25) is 0 Å². The molecule has 118 valence electrons. The first-order valence-corrected chi connectivity index (χ1v) is 7.99. The number of hydrogen-bond acceptors (Lipinski definition) is 3. The SMILES string of the molecule is CCc1ccc(C(=O)N2CCC[C@H]2Cn2nc(C)cc2C)o1. The molecule has 3 heterocycles. The van der Waals surface area contributed by atoms with Crippen molar-refractivity contribution >= 4 is 5.91 Å². The first-order valence-electron chi connectivity index (χ1n) is 7.99. The molecule has 5 nitrogen and oxygen atoms in total. The van der Waals surface area contributed by atoms with Crippen molar-refractivity contribution in [3.8, 4) is 0 Å². The van der Waals surface area contributed by atoms with Crippen molar-refractivity contribution in [1.29, 1.82) is 0 Å². The summed E-state index contributed by atoms with van der Waals surface area (Å²) in [5.41, 5.74) is 2.16. The summed E-state index contributed by atoms with van der Waals surface area (Å²) in [4.78, 5) is 14.6. The van der Waals surface area contributed by atoms with E-state index in [2.05, 4.69) is 18.1 Å². The van der Waals surface area contributed by atoms with Crippen molar-refractivity contribution in [2.75, 3.05) is 6.54 Å². The van der Waals surface area contributed by atoms with Crippen LogP contribution in [-0.4, -0.2) is 33.2 Å². The molecule has 1 fully saturated rings. The van der Waals surface area contributed by atoms with Gasteiger partial charge in [0.1, 0.15) is 5.76 Å². The Morgan fingerprint density at radius 2 is 2.23 bits per heavy atom. The van der Waals surface area contributed by atoms with Crippen molar-refractivity contribution in [2.45, 2.75) is 52.6 Å². The summed E-state index contributed by atoms with van der Waals surface area (Å²) in [6.07, 6.45) is 2.87. The smallest absolute Gasteiger partial charge is 0.289 e. The second-order valence-corrected chi connectivity index (χ2v) is 6.02. The minimum atomic E-state index is 0.00345. The predicted molar refractivity (Wildman–Crippen MR) is 83.8 cm³/mol. The number of aromatic nitrogens is 2. The molecular weight excluding hydrogens is 278 g/mol. The predicted octanol–water partition coefficient (Wildman–Crippen LogP) is 2.96. The van der Waals surface area contributed by atoms with Crippen LogP contribution in [0.15, 0.2) is 22.6 Å². The number of nitrogens with zero attached hydrogens (tertiary/aromatic N) is 3. The summed E-state index contributed by atoms with van der Waals surface area (Å²) in [5, 5.41) is 4.51. The quantitative estimate of drug-likeness (QED) is 0.872. The minimum Gasteiger partial charge on any atom is -0.456 e. The van der Waals surface area contributed by atoms with Gasteiger partial charge in [0.05, 0.1) is 18.3 Å². The Hall–Kier alpha value is -2.04. The van der Waals surface area contributed by atoms with Gasteiger partial charge < -0.3 is 9.32 Å². The Morgan fingerprint density at radius 3 is 2.86 bits per heavy atom. The second kappa shape index (κ2) is 5.99. The highest BCUT2D eigenvalue weighted by atomic mass is 16.4. The summed E-state index contributed by atoms with van der Waals surface area (Å²) in [6.45, 7) is 7.63. The third-order valence-electron chi connectivity index (χ3n) is 4.35. The molecule has 1 aliphatic rings. The molecule has 1 aliphatic heterocycles. The minimum absolute atomic E-state index is 0.00345. The van der Waals surface area contributed by atoms with E-state index in [1.54, 1.807) is 6.07 Å². The second-order valence-electron chi connectivity index (χ2n) is 6.02. The van der Waals surface area contributed by atoms with Gasteiger partial charge in [-0.05, 0) is 44.9 Å². The molecule has 0 aromatic carbocycles. The number of hydrogen-bond donors (Lipinski definition) is 0. The molecule has 0 aliphatic carbocycles. The number of aryl methyl sites for hydroxylation is 3. The van der Waals surface area contributed by atoms with Crippen LogP contribution < -0.4 is 0 Å². The number of carbonyl (C=O) groups is 1. The number of amides is 1. The number of likely N-dealkylation sites (tertiary alicyclic amines) is 1. The van der Waals surface area contributed by atoms with Gasteiger partial charge in [-0.25, -0.2) is 0 Å². The summed E-state index contributed by atoms with van der Waals surface area (Å²) in [5.74, 6) is 1.32. The first kappa shape index (κ1) is 14.9. The Labute approximate surface area is 130 Å². The highest BCUT2D eigenvalue weighted by Gasteiger charge is 2.31. The molecule has 0 radical (unpaired) electrons. The van der Waals surface area contributed by atoms with Gasteiger partial charge in [0.15, 0.2) is 5.76 Å². The van der Waals surface area contributed by atoms with Crippen molar-refractivity contribution in [2.24, 2.45) is 0 Å². The molecule has 0 spiro atoms. The largest absolute Gasteiger partial charge is 0.456 e. The Morgan fingerprint density at radius 1 is 1.41 bits per heavy atom. The van der Waals surface area contributed by atoms with Crippen LogP contribution >= 0.6 is 0 Å². The Kier molecular flexibility index (Phi) is 4.05. The normalized spacial score (nSPS) is 18.1. The van der Waals surface area contributed by atoms with E-state index in [1.165, 1.54) is 0 Å². The van der Waals surface area contributed by atoms with Crippen LogP contribution in [-0.2, 0) is 13.0 Å². The lowest BCUT2D eigenvalue weighted by Gasteiger charge is -2.24. The van der Waals surface area contributed by atoms with Gasteiger partial charge in [-0.3, -0.25) is 9.48 Å². The third-order valence-corrected chi connectivity index (χ3v) is 4.35. The van der Waals surface area contributed by atoms with Crippen LogP contribution in [0, 0.1) is 13.8 Å². The molecule has 2 aromatic rings. The standard InChI is InChI=1S/C17H23N3O2/c1-4-15-7-8-16(22-15)17(21)19-9-5-6-14(19)11-20-13(3)10-12(2)18-20/h7-8,10,14H,4-6,9,11H2,1-3H3/t14-/m0/s1. The Balaban J connectivity index is 1.75. The first-order chi connectivity index (χ1) is 10.6.